The molecule has 0 spiro atoms. The maximum Gasteiger partial charge on any atom is 0.324 e. The number of hydrogen-bond acceptors (Lipinski definition) is 4. The first-order valence-electron chi connectivity index (χ1n) is 11.5. The van der Waals surface area contributed by atoms with Crippen molar-refractivity contribution in [2.75, 3.05) is 46.8 Å². The minimum absolute atomic E-state index is 0.111. The average molecular weight is 449 g/mol. The van der Waals surface area contributed by atoms with Crippen molar-refractivity contribution in [2.45, 2.75) is 39.5 Å². The smallest absolute Gasteiger partial charge is 0.324 e. The van der Waals surface area contributed by atoms with Crippen LogP contribution in [0.25, 0.3) is 0 Å². The number of amides is 4. The average Bonchev–Trinajstić information content (AvgIpc) is 2.77. The van der Waals surface area contributed by atoms with Crippen LogP contribution in [0.3, 0.4) is 0 Å². The maximum absolute atomic E-state index is 13.2. The fraction of sp³-hybridized carbons (Fsp3) is 0.625. The third-order valence-electron chi connectivity index (χ3n) is 6.15. The Bertz CT molecular complexity index is 769. The van der Waals surface area contributed by atoms with Gasteiger partial charge in [-0.3, -0.25) is 14.5 Å². The molecular formula is C24H37FN4O3. The summed E-state index contributed by atoms with van der Waals surface area (Å²) < 4.78 is 13.2. The Labute approximate surface area is 190 Å². The number of urea groups is 1. The van der Waals surface area contributed by atoms with Gasteiger partial charge in [0.1, 0.15) is 5.82 Å². The van der Waals surface area contributed by atoms with Crippen molar-refractivity contribution >= 4 is 17.8 Å². The molecule has 1 aliphatic rings. The summed E-state index contributed by atoms with van der Waals surface area (Å²) in [6, 6.07) is 5.25. The molecule has 0 bridgehead atoms. The van der Waals surface area contributed by atoms with E-state index in [2.05, 4.69) is 12.2 Å². The summed E-state index contributed by atoms with van der Waals surface area (Å²) >= 11 is 0. The first kappa shape index (κ1) is 25.8. The first-order valence-corrected chi connectivity index (χ1v) is 11.5. The van der Waals surface area contributed by atoms with E-state index in [1.807, 2.05) is 19.0 Å². The molecule has 178 valence electrons. The van der Waals surface area contributed by atoms with Gasteiger partial charge in [-0.1, -0.05) is 13.3 Å². The zero-order valence-corrected chi connectivity index (χ0v) is 19.8. The molecule has 32 heavy (non-hydrogen) atoms. The number of piperidine rings is 1. The SMILES string of the molecule is CC[C@H]1CN(C(=O)c2ccc(F)cc2)CC[C@H]1CC(=O)N(CC)C(=O)NCCCN(C)C. The fourth-order valence-corrected chi connectivity index (χ4v) is 4.23. The number of nitrogens with one attached hydrogen (secondary N) is 1. The second kappa shape index (κ2) is 12.5. The fourth-order valence-electron chi connectivity index (χ4n) is 4.23. The van der Waals surface area contributed by atoms with Crippen molar-refractivity contribution in [2.24, 2.45) is 11.8 Å². The second-order valence-corrected chi connectivity index (χ2v) is 8.71. The molecular weight excluding hydrogens is 411 g/mol. The number of carbonyl (C=O) groups is 3. The van der Waals surface area contributed by atoms with E-state index < -0.39 is 0 Å². The number of nitrogens with zero attached hydrogens (tertiary/aromatic N) is 3. The Kier molecular flexibility index (Phi) is 10.1. The van der Waals surface area contributed by atoms with Crippen LogP contribution in [-0.4, -0.2) is 79.4 Å². The number of imide groups is 1. The Morgan fingerprint density at radius 3 is 2.41 bits per heavy atom. The molecule has 0 unspecified atom stereocenters. The number of hydrogen-bond donors (Lipinski definition) is 1. The van der Waals surface area contributed by atoms with E-state index in [4.69, 9.17) is 0 Å². The molecule has 0 aliphatic carbocycles. The third-order valence-corrected chi connectivity index (χ3v) is 6.15. The van der Waals surface area contributed by atoms with Crippen LogP contribution in [-0.2, 0) is 4.79 Å². The highest BCUT2D eigenvalue weighted by Gasteiger charge is 2.33. The van der Waals surface area contributed by atoms with Gasteiger partial charge >= 0.3 is 6.03 Å². The van der Waals surface area contributed by atoms with Gasteiger partial charge in [0, 0.05) is 38.2 Å². The predicted molar refractivity (Wildman–Crippen MR) is 123 cm³/mol. The minimum atomic E-state index is -0.368. The largest absolute Gasteiger partial charge is 0.338 e. The Balaban J connectivity index is 1.91. The van der Waals surface area contributed by atoms with Gasteiger partial charge in [-0.25, -0.2) is 9.18 Å². The molecule has 1 aromatic carbocycles. The molecule has 0 aromatic heterocycles. The Morgan fingerprint density at radius 1 is 1.12 bits per heavy atom. The third kappa shape index (κ3) is 7.29. The van der Waals surface area contributed by atoms with Crippen LogP contribution >= 0.6 is 0 Å². The molecule has 1 aliphatic heterocycles. The lowest BCUT2D eigenvalue weighted by Gasteiger charge is -2.38. The normalized spacial score (nSPS) is 18.5. The van der Waals surface area contributed by atoms with Crippen molar-refractivity contribution < 1.29 is 18.8 Å². The minimum Gasteiger partial charge on any atom is -0.338 e. The van der Waals surface area contributed by atoms with Crippen LogP contribution in [0.4, 0.5) is 9.18 Å². The van der Waals surface area contributed by atoms with Crippen LogP contribution in [0.1, 0.15) is 49.9 Å². The molecule has 4 amide bonds. The van der Waals surface area contributed by atoms with Crippen LogP contribution < -0.4 is 5.32 Å². The van der Waals surface area contributed by atoms with Gasteiger partial charge in [-0.15, -0.1) is 0 Å². The maximum atomic E-state index is 13.2. The number of likely N-dealkylation sites (tertiary alicyclic amines) is 1. The lowest BCUT2D eigenvalue weighted by Crippen LogP contribution is -2.47. The standard InChI is InChI=1S/C24H37FN4O3/c1-5-18-17-28(23(31)19-8-10-21(25)11-9-19)15-12-20(18)16-22(30)29(6-2)24(32)26-13-7-14-27(3)4/h8-11,18,20H,5-7,12-17H2,1-4H3,(H,26,32)/t18-,20-/m0/s1. The highest BCUT2D eigenvalue weighted by atomic mass is 19.1. The summed E-state index contributed by atoms with van der Waals surface area (Å²) in [5, 5.41) is 2.84. The highest BCUT2D eigenvalue weighted by Crippen LogP contribution is 2.30. The predicted octanol–water partition coefficient (Wildman–Crippen LogP) is 3.21. The van der Waals surface area contributed by atoms with Crippen LogP contribution in [0.15, 0.2) is 24.3 Å². The van der Waals surface area contributed by atoms with Crippen molar-refractivity contribution in [3.05, 3.63) is 35.6 Å². The molecule has 2 atom stereocenters. The van der Waals surface area contributed by atoms with E-state index in [0.717, 1.165) is 19.4 Å². The van der Waals surface area contributed by atoms with E-state index in [-0.39, 0.29) is 35.5 Å². The molecule has 1 heterocycles. The molecule has 1 aromatic rings. The van der Waals surface area contributed by atoms with E-state index in [0.29, 0.717) is 44.6 Å². The highest BCUT2D eigenvalue weighted by molar-refractivity contribution is 5.95. The summed E-state index contributed by atoms with van der Waals surface area (Å²) in [6.45, 7) is 6.70. The van der Waals surface area contributed by atoms with Crippen LogP contribution in [0.2, 0.25) is 0 Å². The van der Waals surface area contributed by atoms with Crippen LogP contribution in [0.5, 0.6) is 0 Å². The number of halogens is 1. The number of carbonyl (C=O) groups excluding carboxylic acids is 3. The summed E-state index contributed by atoms with van der Waals surface area (Å²) in [6.07, 6.45) is 2.67. The Hall–Kier alpha value is -2.48. The van der Waals surface area contributed by atoms with Gasteiger partial charge in [-0.2, -0.15) is 0 Å². The number of rotatable bonds is 9. The van der Waals surface area contributed by atoms with E-state index >= 15 is 0 Å². The van der Waals surface area contributed by atoms with Gasteiger partial charge < -0.3 is 15.1 Å². The topological polar surface area (TPSA) is 73.0 Å². The molecule has 1 fully saturated rings. The second-order valence-electron chi connectivity index (χ2n) is 8.71. The summed E-state index contributed by atoms with van der Waals surface area (Å²) in [5.74, 6) is -0.341. The molecule has 0 saturated carbocycles. The van der Waals surface area contributed by atoms with E-state index in [9.17, 15) is 18.8 Å². The lowest BCUT2D eigenvalue weighted by molar-refractivity contribution is -0.130. The monoisotopic (exact) mass is 448 g/mol. The van der Waals surface area contributed by atoms with Crippen molar-refractivity contribution in [1.29, 1.82) is 0 Å². The molecule has 1 saturated heterocycles. The number of benzene rings is 1. The summed E-state index contributed by atoms with van der Waals surface area (Å²) in [7, 11) is 3.96. The molecule has 1 N–H and O–H groups in total. The zero-order chi connectivity index (χ0) is 23.7. The Morgan fingerprint density at radius 2 is 1.81 bits per heavy atom. The van der Waals surface area contributed by atoms with Crippen LogP contribution in [0, 0.1) is 17.7 Å². The lowest BCUT2D eigenvalue weighted by atomic mass is 9.81. The van der Waals surface area contributed by atoms with Gasteiger partial charge in [0.2, 0.25) is 5.91 Å². The van der Waals surface area contributed by atoms with Crippen molar-refractivity contribution in [3.8, 4) is 0 Å². The van der Waals surface area contributed by atoms with Gasteiger partial charge in [0.05, 0.1) is 0 Å². The zero-order valence-electron chi connectivity index (χ0n) is 19.8. The van der Waals surface area contributed by atoms with Gasteiger partial charge in [-0.05, 0) is 76.5 Å². The molecule has 7 nitrogen and oxygen atoms in total. The summed E-state index contributed by atoms with van der Waals surface area (Å²) in [4.78, 5) is 43.3. The first-order chi connectivity index (χ1) is 15.3. The quantitative estimate of drug-likeness (QED) is 0.589. The molecule has 0 radical (unpaired) electrons. The van der Waals surface area contributed by atoms with Crippen molar-refractivity contribution in [3.63, 3.8) is 0 Å². The van der Waals surface area contributed by atoms with Gasteiger partial charge in [0.15, 0.2) is 0 Å². The van der Waals surface area contributed by atoms with Gasteiger partial charge in [0.25, 0.3) is 5.91 Å². The van der Waals surface area contributed by atoms with E-state index in [1.165, 1.54) is 29.2 Å². The van der Waals surface area contributed by atoms with Crippen molar-refractivity contribution in [1.82, 2.24) is 20.0 Å². The van der Waals surface area contributed by atoms with E-state index in [1.54, 1.807) is 11.8 Å². The summed E-state index contributed by atoms with van der Waals surface area (Å²) in [5.41, 5.74) is 0.471. The molecule has 8 heteroatoms. The molecule has 2 rings (SSSR count).